The van der Waals surface area contributed by atoms with E-state index in [1.165, 1.54) is 5.56 Å². The van der Waals surface area contributed by atoms with Gasteiger partial charge in [-0.05, 0) is 55.2 Å². The first-order chi connectivity index (χ1) is 8.70. The highest BCUT2D eigenvalue weighted by molar-refractivity contribution is 7.98. The number of aryl methyl sites for hydroxylation is 1. The Bertz CT molecular complexity index is 430. The van der Waals surface area contributed by atoms with Crippen LogP contribution in [0.25, 0.3) is 0 Å². The van der Waals surface area contributed by atoms with Crippen molar-refractivity contribution in [1.82, 2.24) is 0 Å². The number of carboxylic acid groups (broad SMARTS) is 1. The zero-order valence-corrected chi connectivity index (χ0v) is 11.6. The summed E-state index contributed by atoms with van der Waals surface area (Å²) in [5.41, 5.74) is 1.66. The number of aliphatic carboxylic acids is 1. The van der Waals surface area contributed by atoms with Gasteiger partial charge in [-0.15, -0.1) is 0 Å². The van der Waals surface area contributed by atoms with Crippen LogP contribution < -0.4 is 0 Å². The summed E-state index contributed by atoms with van der Waals surface area (Å²) >= 11 is 1.79. The molecule has 1 N–H and O–H groups in total. The standard InChI is InChI=1S/C15H20O2S/c1-18-11-5-10-15(14(16)17)9-4-7-12-6-2-3-8-13(12)15/h2-3,6,8H,4-5,7,9-11H2,1H3,(H,16,17). The van der Waals surface area contributed by atoms with Gasteiger partial charge in [0.25, 0.3) is 0 Å². The number of rotatable bonds is 5. The van der Waals surface area contributed by atoms with Crippen molar-refractivity contribution in [2.45, 2.75) is 37.5 Å². The van der Waals surface area contributed by atoms with Crippen molar-refractivity contribution < 1.29 is 9.90 Å². The molecule has 0 fully saturated rings. The molecule has 0 aromatic heterocycles. The van der Waals surface area contributed by atoms with Crippen LogP contribution in [-0.2, 0) is 16.6 Å². The number of benzene rings is 1. The van der Waals surface area contributed by atoms with Crippen molar-refractivity contribution >= 4 is 17.7 Å². The van der Waals surface area contributed by atoms with Gasteiger partial charge in [-0.3, -0.25) is 4.79 Å². The lowest BCUT2D eigenvalue weighted by atomic mass is 9.67. The predicted octanol–water partition coefficient (Wildman–Crippen LogP) is 3.49. The summed E-state index contributed by atoms with van der Waals surface area (Å²) in [5, 5.41) is 9.73. The van der Waals surface area contributed by atoms with Gasteiger partial charge in [0.2, 0.25) is 0 Å². The normalized spacial score (nSPS) is 22.5. The van der Waals surface area contributed by atoms with Crippen LogP contribution in [0.4, 0.5) is 0 Å². The van der Waals surface area contributed by atoms with E-state index in [4.69, 9.17) is 0 Å². The van der Waals surface area contributed by atoms with Gasteiger partial charge in [-0.1, -0.05) is 24.3 Å². The fraction of sp³-hybridized carbons (Fsp3) is 0.533. The molecule has 2 nitrogen and oxygen atoms in total. The SMILES string of the molecule is CSCCCC1(C(=O)O)CCCc2ccccc21. The summed E-state index contributed by atoms with van der Waals surface area (Å²) in [4.78, 5) is 11.8. The molecule has 2 rings (SSSR count). The maximum atomic E-state index is 11.8. The molecule has 1 aliphatic rings. The van der Waals surface area contributed by atoms with Crippen molar-refractivity contribution in [1.29, 1.82) is 0 Å². The molecular formula is C15H20O2S. The third-order valence-electron chi connectivity index (χ3n) is 3.94. The van der Waals surface area contributed by atoms with Crippen LogP contribution in [-0.4, -0.2) is 23.1 Å². The molecule has 0 spiro atoms. The van der Waals surface area contributed by atoms with Crippen LogP contribution in [0.1, 0.15) is 36.8 Å². The average Bonchev–Trinajstić information content (AvgIpc) is 2.39. The maximum Gasteiger partial charge on any atom is 0.314 e. The Morgan fingerprint density at radius 2 is 2.22 bits per heavy atom. The molecule has 0 saturated carbocycles. The monoisotopic (exact) mass is 264 g/mol. The fourth-order valence-electron chi connectivity index (χ4n) is 3.03. The largest absolute Gasteiger partial charge is 0.481 e. The molecule has 1 aromatic rings. The first-order valence-corrected chi connectivity index (χ1v) is 7.91. The predicted molar refractivity (Wildman–Crippen MR) is 76.3 cm³/mol. The second kappa shape index (κ2) is 5.79. The van der Waals surface area contributed by atoms with Gasteiger partial charge in [-0.2, -0.15) is 11.8 Å². The Morgan fingerprint density at radius 3 is 2.94 bits per heavy atom. The summed E-state index contributed by atoms with van der Waals surface area (Å²) in [7, 11) is 0. The van der Waals surface area contributed by atoms with Crippen LogP contribution in [0, 0.1) is 0 Å². The quantitative estimate of drug-likeness (QED) is 0.827. The fourth-order valence-corrected chi connectivity index (χ4v) is 3.46. The van der Waals surface area contributed by atoms with E-state index in [2.05, 4.69) is 12.3 Å². The molecule has 1 unspecified atom stereocenters. The third-order valence-corrected chi connectivity index (χ3v) is 4.64. The topological polar surface area (TPSA) is 37.3 Å². The number of hydrogen-bond acceptors (Lipinski definition) is 2. The minimum Gasteiger partial charge on any atom is -0.481 e. The highest BCUT2D eigenvalue weighted by Gasteiger charge is 2.42. The minimum atomic E-state index is -0.643. The van der Waals surface area contributed by atoms with Gasteiger partial charge in [0, 0.05) is 0 Å². The van der Waals surface area contributed by atoms with Gasteiger partial charge < -0.3 is 5.11 Å². The number of fused-ring (bicyclic) bond motifs is 1. The van der Waals surface area contributed by atoms with Crippen molar-refractivity contribution in [3.8, 4) is 0 Å². The van der Waals surface area contributed by atoms with Gasteiger partial charge >= 0.3 is 5.97 Å². The molecular weight excluding hydrogens is 244 g/mol. The third kappa shape index (κ3) is 2.41. The molecule has 1 aromatic carbocycles. The molecule has 18 heavy (non-hydrogen) atoms. The summed E-state index contributed by atoms with van der Waals surface area (Å²) in [6.45, 7) is 0. The van der Waals surface area contributed by atoms with Crippen molar-refractivity contribution in [2.24, 2.45) is 0 Å². The van der Waals surface area contributed by atoms with Gasteiger partial charge in [0.15, 0.2) is 0 Å². The molecule has 1 atom stereocenters. The lowest BCUT2D eigenvalue weighted by Crippen LogP contribution is -2.39. The van der Waals surface area contributed by atoms with Crippen LogP contribution in [0.3, 0.4) is 0 Å². The van der Waals surface area contributed by atoms with E-state index in [-0.39, 0.29) is 0 Å². The Balaban J connectivity index is 2.33. The van der Waals surface area contributed by atoms with Crippen molar-refractivity contribution in [3.05, 3.63) is 35.4 Å². The number of hydrogen-bond donors (Lipinski definition) is 1. The van der Waals surface area contributed by atoms with Gasteiger partial charge in [0.05, 0.1) is 5.41 Å². The zero-order chi connectivity index (χ0) is 13.0. The molecule has 98 valence electrons. The molecule has 1 aliphatic carbocycles. The van der Waals surface area contributed by atoms with Gasteiger partial charge in [-0.25, -0.2) is 0 Å². The molecule has 3 heteroatoms. The molecule has 0 saturated heterocycles. The zero-order valence-electron chi connectivity index (χ0n) is 10.8. The van der Waals surface area contributed by atoms with Crippen LogP contribution in [0.2, 0.25) is 0 Å². The Kier molecular flexibility index (Phi) is 4.33. The highest BCUT2D eigenvalue weighted by atomic mass is 32.2. The summed E-state index contributed by atoms with van der Waals surface area (Å²) < 4.78 is 0. The van der Waals surface area contributed by atoms with Crippen LogP contribution in [0.15, 0.2) is 24.3 Å². The minimum absolute atomic E-state index is 0.634. The number of carboxylic acids is 1. The van der Waals surface area contributed by atoms with Crippen molar-refractivity contribution in [2.75, 3.05) is 12.0 Å². The first kappa shape index (κ1) is 13.5. The second-order valence-electron chi connectivity index (χ2n) is 4.99. The lowest BCUT2D eigenvalue weighted by molar-refractivity contribution is -0.144. The lowest BCUT2D eigenvalue weighted by Gasteiger charge is -2.35. The molecule has 0 radical (unpaired) electrons. The number of carbonyl (C=O) groups is 1. The van der Waals surface area contributed by atoms with Crippen LogP contribution >= 0.6 is 11.8 Å². The van der Waals surface area contributed by atoms with E-state index >= 15 is 0 Å². The van der Waals surface area contributed by atoms with Crippen LogP contribution in [0.5, 0.6) is 0 Å². The van der Waals surface area contributed by atoms with E-state index in [9.17, 15) is 9.90 Å². The van der Waals surface area contributed by atoms with E-state index in [0.717, 1.165) is 43.4 Å². The van der Waals surface area contributed by atoms with Gasteiger partial charge in [0.1, 0.15) is 0 Å². The number of thioether (sulfide) groups is 1. The Hall–Kier alpha value is -0.960. The first-order valence-electron chi connectivity index (χ1n) is 6.51. The molecule has 0 amide bonds. The van der Waals surface area contributed by atoms with E-state index < -0.39 is 11.4 Å². The Labute approximate surface area is 113 Å². The summed E-state index contributed by atoms with van der Waals surface area (Å²) in [6.07, 6.45) is 6.61. The van der Waals surface area contributed by atoms with E-state index in [0.29, 0.717) is 0 Å². The molecule has 0 bridgehead atoms. The van der Waals surface area contributed by atoms with Crippen molar-refractivity contribution in [3.63, 3.8) is 0 Å². The average molecular weight is 264 g/mol. The molecule has 0 aliphatic heterocycles. The highest BCUT2D eigenvalue weighted by Crippen LogP contribution is 2.41. The van der Waals surface area contributed by atoms with E-state index in [1.54, 1.807) is 11.8 Å². The molecule has 0 heterocycles. The second-order valence-corrected chi connectivity index (χ2v) is 5.98. The summed E-state index contributed by atoms with van der Waals surface area (Å²) in [6, 6.07) is 8.08. The Morgan fingerprint density at radius 1 is 1.44 bits per heavy atom. The summed E-state index contributed by atoms with van der Waals surface area (Å²) in [5.74, 6) is 0.396. The van der Waals surface area contributed by atoms with E-state index in [1.807, 2.05) is 18.2 Å². The smallest absolute Gasteiger partial charge is 0.314 e. The maximum absolute atomic E-state index is 11.8.